The number of aromatic nitrogens is 2. The highest BCUT2D eigenvalue weighted by molar-refractivity contribution is 6.04. The van der Waals surface area contributed by atoms with Crippen molar-refractivity contribution in [2.75, 3.05) is 26.1 Å². The van der Waals surface area contributed by atoms with Crippen LogP contribution in [0, 0.1) is 6.92 Å². The molecule has 1 heterocycles. The van der Waals surface area contributed by atoms with Crippen molar-refractivity contribution in [3.05, 3.63) is 83.2 Å². The Morgan fingerprint density at radius 1 is 0.889 bits per heavy atom. The number of H-pyrrole nitrogens is 1. The highest BCUT2D eigenvalue weighted by atomic mass is 16.5. The number of rotatable bonds is 8. The standard InChI is InChI=1S/C28H30N4O4/c1-17-30-22-12-6-18(14-23(22)31-17)26(33)29-16-28(2,3)20-8-10-21(11-9-20)32-27(34)19-7-13-24(35-4)25(15-19)36-5/h6-15H,16H2,1-5H3,(H,29,33)(H,30,31)(H,32,34). The first-order chi connectivity index (χ1) is 17.2. The number of ether oxygens (including phenoxy) is 2. The summed E-state index contributed by atoms with van der Waals surface area (Å²) in [6.45, 7) is 6.45. The number of anilines is 1. The molecule has 2 amide bonds. The van der Waals surface area contributed by atoms with E-state index in [9.17, 15) is 9.59 Å². The van der Waals surface area contributed by atoms with Crippen molar-refractivity contribution < 1.29 is 19.1 Å². The summed E-state index contributed by atoms with van der Waals surface area (Å²) in [5.41, 5.74) is 4.09. The molecule has 36 heavy (non-hydrogen) atoms. The van der Waals surface area contributed by atoms with Gasteiger partial charge in [-0.2, -0.15) is 0 Å². The molecule has 4 rings (SSSR count). The van der Waals surface area contributed by atoms with Crippen molar-refractivity contribution >= 4 is 28.5 Å². The van der Waals surface area contributed by atoms with E-state index in [1.54, 1.807) is 31.4 Å². The van der Waals surface area contributed by atoms with Crippen LogP contribution < -0.4 is 20.1 Å². The summed E-state index contributed by atoms with van der Waals surface area (Å²) in [6.07, 6.45) is 0. The van der Waals surface area contributed by atoms with Gasteiger partial charge in [-0.3, -0.25) is 9.59 Å². The van der Waals surface area contributed by atoms with Gasteiger partial charge in [0.05, 0.1) is 25.3 Å². The normalized spacial score (nSPS) is 11.2. The van der Waals surface area contributed by atoms with Gasteiger partial charge in [0, 0.05) is 28.8 Å². The number of carbonyl (C=O) groups excluding carboxylic acids is 2. The summed E-state index contributed by atoms with van der Waals surface area (Å²) in [7, 11) is 3.08. The van der Waals surface area contributed by atoms with Crippen molar-refractivity contribution in [1.29, 1.82) is 0 Å². The number of nitrogens with zero attached hydrogens (tertiary/aromatic N) is 1. The second-order valence-electron chi connectivity index (χ2n) is 9.22. The van der Waals surface area contributed by atoms with Gasteiger partial charge in [0.2, 0.25) is 0 Å². The minimum atomic E-state index is -0.323. The molecule has 0 saturated heterocycles. The number of imidazole rings is 1. The lowest BCUT2D eigenvalue weighted by Crippen LogP contribution is -2.36. The maximum Gasteiger partial charge on any atom is 0.255 e. The molecule has 0 unspecified atom stereocenters. The first kappa shape index (κ1) is 24.8. The molecule has 0 aliphatic rings. The van der Waals surface area contributed by atoms with Gasteiger partial charge in [-0.15, -0.1) is 0 Å². The fourth-order valence-electron chi connectivity index (χ4n) is 3.97. The molecule has 4 aromatic rings. The fraction of sp³-hybridized carbons (Fsp3) is 0.250. The van der Waals surface area contributed by atoms with Crippen molar-refractivity contribution in [3.63, 3.8) is 0 Å². The predicted octanol–water partition coefficient (Wildman–Crippen LogP) is 4.85. The highest BCUT2D eigenvalue weighted by Gasteiger charge is 2.22. The third kappa shape index (κ3) is 5.33. The Bertz CT molecular complexity index is 1410. The first-order valence-corrected chi connectivity index (χ1v) is 11.6. The number of aromatic amines is 1. The number of amides is 2. The predicted molar refractivity (Wildman–Crippen MR) is 140 cm³/mol. The molecule has 0 fully saturated rings. The third-order valence-electron chi connectivity index (χ3n) is 6.12. The van der Waals surface area contributed by atoms with Crippen LogP contribution in [0.3, 0.4) is 0 Å². The zero-order valence-corrected chi connectivity index (χ0v) is 21.1. The number of methoxy groups -OCH3 is 2. The fourth-order valence-corrected chi connectivity index (χ4v) is 3.97. The molecule has 0 spiro atoms. The molecule has 3 aromatic carbocycles. The molecule has 8 heteroatoms. The van der Waals surface area contributed by atoms with E-state index in [-0.39, 0.29) is 17.2 Å². The van der Waals surface area contributed by atoms with Crippen LogP contribution >= 0.6 is 0 Å². The monoisotopic (exact) mass is 486 g/mol. The van der Waals surface area contributed by atoms with Crippen LogP contribution in [0.1, 0.15) is 46.0 Å². The Balaban J connectivity index is 1.39. The zero-order valence-electron chi connectivity index (χ0n) is 21.1. The smallest absolute Gasteiger partial charge is 0.255 e. The molecule has 186 valence electrons. The van der Waals surface area contributed by atoms with Gasteiger partial charge in [0.25, 0.3) is 11.8 Å². The average Bonchev–Trinajstić information content (AvgIpc) is 3.26. The molecule has 1 aromatic heterocycles. The Morgan fingerprint density at radius 3 is 2.25 bits per heavy atom. The second kappa shape index (κ2) is 10.1. The van der Waals surface area contributed by atoms with E-state index in [2.05, 4.69) is 34.4 Å². The summed E-state index contributed by atoms with van der Waals surface area (Å²) in [5, 5.41) is 5.93. The summed E-state index contributed by atoms with van der Waals surface area (Å²) in [6, 6.07) is 18.1. The molecule has 3 N–H and O–H groups in total. The lowest BCUT2D eigenvalue weighted by Gasteiger charge is -2.26. The van der Waals surface area contributed by atoms with Gasteiger partial charge in [-0.25, -0.2) is 4.98 Å². The number of fused-ring (bicyclic) bond motifs is 1. The Morgan fingerprint density at radius 2 is 1.56 bits per heavy atom. The number of benzene rings is 3. The van der Waals surface area contributed by atoms with Crippen molar-refractivity contribution in [2.24, 2.45) is 0 Å². The number of carbonyl (C=O) groups is 2. The maximum absolute atomic E-state index is 12.8. The average molecular weight is 487 g/mol. The molecule has 8 nitrogen and oxygen atoms in total. The summed E-state index contributed by atoms with van der Waals surface area (Å²) in [4.78, 5) is 33.0. The van der Waals surface area contributed by atoms with E-state index in [4.69, 9.17) is 9.47 Å². The minimum absolute atomic E-state index is 0.143. The molecule has 0 radical (unpaired) electrons. The van der Waals surface area contributed by atoms with Crippen LogP contribution in [0.25, 0.3) is 11.0 Å². The van der Waals surface area contributed by atoms with E-state index in [0.717, 1.165) is 22.4 Å². The molecule has 0 atom stereocenters. The quantitative estimate of drug-likeness (QED) is 0.330. The van der Waals surface area contributed by atoms with Gasteiger partial charge in [0.15, 0.2) is 11.5 Å². The number of aryl methyl sites for hydroxylation is 1. The minimum Gasteiger partial charge on any atom is -0.493 e. The van der Waals surface area contributed by atoms with Gasteiger partial charge in [-0.1, -0.05) is 26.0 Å². The number of hydrogen-bond donors (Lipinski definition) is 3. The van der Waals surface area contributed by atoms with Gasteiger partial charge >= 0.3 is 0 Å². The van der Waals surface area contributed by atoms with Crippen LogP contribution in [-0.2, 0) is 5.41 Å². The number of nitrogens with one attached hydrogen (secondary N) is 3. The summed E-state index contributed by atoms with van der Waals surface area (Å²) < 4.78 is 10.5. The third-order valence-corrected chi connectivity index (χ3v) is 6.12. The zero-order chi connectivity index (χ0) is 25.9. The van der Waals surface area contributed by atoms with E-state index in [0.29, 0.717) is 34.9 Å². The molecular weight excluding hydrogens is 456 g/mol. The highest BCUT2D eigenvalue weighted by Crippen LogP contribution is 2.28. The van der Waals surface area contributed by atoms with E-state index >= 15 is 0 Å². The maximum atomic E-state index is 12.8. The molecular formula is C28H30N4O4. The first-order valence-electron chi connectivity index (χ1n) is 11.6. The van der Waals surface area contributed by atoms with E-state index in [1.165, 1.54) is 7.11 Å². The van der Waals surface area contributed by atoms with E-state index in [1.807, 2.05) is 43.3 Å². The Kier molecular flexibility index (Phi) is 6.96. The lowest BCUT2D eigenvalue weighted by atomic mass is 9.84. The molecule has 0 aliphatic heterocycles. The van der Waals surface area contributed by atoms with Crippen LogP contribution in [0.5, 0.6) is 11.5 Å². The second-order valence-corrected chi connectivity index (χ2v) is 9.22. The van der Waals surface area contributed by atoms with Crippen molar-refractivity contribution in [1.82, 2.24) is 15.3 Å². The topological polar surface area (TPSA) is 105 Å². The molecule has 0 aliphatic carbocycles. The summed E-state index contributed by atoms with van der Waals surface area (Å²) >= 11 is 0. The van der Waals surface area contributed by atoms with Gasteiger partial charge < -0.3 is 25.1 Å². The van der Waals surface area contributed by atoms with Gasteiger partial charge in [-0.05, 0) is 61.0 Å². The van der Waals surface area contributed by atoms with Crippen LogP contribution in [0.4, 0.5) is 5.69 Å². The number of hydrogen-bond acceptors (Lipinski definition) is 5. The van der Waals surface area contributed by atoms with Crippen LogP contribution in [0.15, 0.2) is 60.7 Å². The SMILES string of the molecule is COc1ccc(C(=O)Nc2ccc(C(C)(C)CNC(=O)c3ccc4nc(C)[nH]c4c3)cc2)cc1OC. The lowest BCUT2D eigenvalue weighted by molar-refractivity contribution is 0.0945. The van der Waals surface area contributed by atoms with Crippen molar-refractivity contribution in [2.45, 2.75) is 26.2 Å². The molecule has 0 saturated carbocycles. The Hall–Kier alpha value is -4.33. The van der Waals surface area contributed by atoms with Crippen LogP contribution in [-0.4, -0.2) is 42.5 Å². The van der Waals surface area contributed by atoms with Gasteiger partial charge in [0.1, 0.15) is 5.82 Å². The summed E-state index contributed by atoms with van der Waals surface area (Å²) in [5.74, 6) is 1.47. The largest absolute Gasteiger partial charge is 0.493 e. The molecule has 0 bridgehead atoms. The van der Waals surface area contributed by atoms with Crippen LogP contribution in [0.2, 0.25) is 0 Å². The van der Waals surface area contributed by atoms with E-state index < -0.39 is 0 Å². The van der Waals surface area contributed by atoms with Crippen molar-refractivity contribution in [3.8, 4) is 11.5 Å². The Labute approximate surface area is 210 Å².